The summed E-state index contributed by atoms with van der Waals surface area (Å²) in [6.07, 6.45) is -0.203. The van der Waals surface area contributed by atoms with Crippen molar-refractivity contribution in [2.45, 2.75) is 43.7 Å². The topological polar surface area (TPSA) is 143 Å². The first-order chi connectivity index (χ1) is 15.7. The predicted octanol–water partition coefficient (Wildman–Crippen LogP) is 3.95. The summed E-state index contributed by atoms with van der Waals surface area (Å²) in [5.74, 6) is -0.568. The highest BCUT2D eigenvalue weighted by molar-refractivity contribution is 7.89. The number of hydrogen-bond acceptors (Lipinski definition) is 8. The number of nitro benzene ring substituents is 1. The molecule has 0 fully saturated rings. The average Bonchev–Trinajstić information content (AvgIpc) is 2.72. The smallest absolute Gasteiger partial charge is 0.308 e. The molecule has 0 bridgehead atoms. The first-order valence-corrected chi connectivity index (χ1v) is 11.9. The maximum atomic E-state index is 13.1. The van der Waals surface area contributed by atoms with Gasteiger partial charge in [0.15, 0.2) is 4.90 Å². The maximum absolute atomic E-state index is 13.1. The standard InChI is InChI=1S/C22H25ClN4O6S/c1-22(2,3)33-21(28)12-17(25-16-10-9-15(13-24)18(23)11-16)14-26(4)34(31,32)20-8-6-5-7-19(20)27(29)30/h5-11,17,25H,12,14H2,1-4H3/t17-/m0/s1. The van der Waals surface area contributed by atoms with Crippen LogP contribution in [0.1, 0.15) is 32.8 Å². The molecule has 1 atom stereocenters. The number of esters is 1. The van der Waals surface area contributed by atoms with Crippen molar-refractivity contribution in [3.05, 3.63) is 63.2 Å². The van der Waals surface area contributed by atoms with Gasteiger partial charge in [0.1, 0.15) is 11.7 Å². The number of nitrogens with one attached hydrogen (secondary N) is 1. The summed E-state index contributed by atoms with van der Waals surface area (Å²) in [5, 5.41) is 23.6. The Kier molecular flexibility index (Phi) is 8.61. The SMILES string of the molecule is CN(C[C@H](CC(=O)OC(C)(C)C)Nc1ccc(C#N)c(Cl)c1)S(=O)(=O)c1ccccc1[N+](=O)[O-]. The number of para-hydroxylation sites is 1. The largest absolute Gasteiger partial charge is 0.460 e. The van der Waals surface area contributed by atoms with Gasteiger partial charge in [0.25, 0.3) is 5.69 Å². The molecule has 0 saturated heterocycles. The highest BCUT2D eigenvalue weighted by atomic mass is 35.5. The average molecular weight is 509 g/mol. The fraction of sp³-hybridized carbons (Fsp3) is 0.364. The Morgan fingerprint density at radius 1 is 1.29 bits per heavy atom. The Hall–Kier alpha value is -3.20. The van der Waals surface area contributed by atoms with Gasteiger partial charge in [0.05, 0.1) is 28.0 Å². The summed E-state index contributed by atoms with van der Waals surface area (Å²) in [5.41, 5.74) is -0.590. The number of nitrogens with zero attached hydrogens (tertiary/aromatic N) is 3. The molecule has 0 saturated carbocycles. The Morgan fingerprint density at radius 2 is 1.94 bits per heavy atom. The third-order valence-electron chi connectivity index (χ3n) is 4.52. The molecule has 0 heterocycles. The lowest BCUT2D eigenvalue weighted by atomic mass is 10.1. The summed E-state index contributed by atoms with van der Waals surface area (Å²) in [4.78, 5) is 22.6. The Morgan fingerprint density at radius 3 is 2.50 bits per heavy atom. The van der Waals surface area contributed by atoms with E-state index in [1.165, 1.54) is 31.3 Å². The van der Waals surface area contributed by atoms with Gasteiger partial charge in [-0.1, -0.05) is 23.7 Å². The van der Waals surface area contributed by atoms with E-state index in [4.69, 9.17) is 21.6 Å². The number of carbonyl (C=O) groups excluding carboxylic acids is 1. The van der Waals surface area contributed by atoms with Crippen LogP contribution < -0.4 is 5.32 Å². The van der Waals surface area contributed by atoms with Crippen molar-refractivity contribution < 1.29 is 22.9 Å². The lowest BCUT2D eigenvalue weighted by molar-refractivity contribution is -0.387. The molecule has 34 heavy (non-hydrogen) atoms. The summed E-state index contributed by atoms with van der Waals surface area (Å²) in [7, 11) is -3.00. The van der Waals surface area contributed by atoms with Gasteiger partial charge in [-0.25, -0.2) is 8.42 Å². The van der Waals surface area contributed by atoms with Gasteiger partial charge in [-0.2, -0.15) is 9.57 Å². The molecule has 0 aliphatic carbocycles. The molecule has 182 valence electrons. The van der Waals surface area contributed by atoms with Crippen LogP contribution >= 0.6 is 11.6 Å². The van der Waals surface area contributed by atoms with E-state index in [1.807, 2.05) is 6.07 Å². The summed E-state index contributed by atoms with van der Waals surface area (Å²) in [6.45, 7) is 4.90. The zero-order valence-electron chi connectivity index (χ0n) is 19.1. The van der Waals surface area contributed by atoms with Crippen molar-refractivity contribution in [3.63, 3.8) is 0 Å². The van der Waals surface area contributed by atoms with Crippen LogP contribution in [0.4, 0.5) is 11.4 Å². The fourth-order valence-electron chi connectivity index (χ4n) is 3.08. The molecule has 0 amide bonds. The zero-order chi connectivity index (χ0) is 25.7. The highest BCUT2D eigenvalue weighted by Crippen LogP contribution is 2.27. The summed E-state index contributed by atoms with van der Waals surface area (Å²) in [6, 6.07) is 10.7. The Bertz CT molecular complexity index is 1220. The van der Waals surface area contributed by atoms with Crippen molar-refractivity contribution in [2.75, 3.05) is 18.9 Å². The lowest BCUT2D eigenvalue weighted by Crippen LogP contribution is -2.40. The number of halogens is 1. The third kappa shape index (κ3) is 7.15. The molecule has 0 aliphatic rings. The van der Waals surface area contributed by atoms with Gasteiger partial charge in [0, 0.05) is 25.3 Å². The predicted molar refractivity (Wildman–Crippen MR) is 127 cm³/mol. The van der Waals surface area contributed by atoms with Gasteiger partial charge in [0.2, 0.25) is 10.0 Å². The summed E-state index contributed by atoms with van der Waals surface area (Å²) >= 11 is 6.09. The molecule has 10 nitrogen and oxygen atoms in total. The first-order valence-electron chi connectivity index (χ1n) is 10.1. The van der Waals surface area contributed by atoms with Crippen molar-refractivity contribution in [1.82, 2.24) is 4.31 Å². The molecule has 0 radical (unpaired) electrons. The first kappa shape index (κ1) is 27.0. The molecule has 12 heteroatoms. The van der Waals surface area contributed by atoms with E-state index in [0.29, 0.717) is 5.69 Å². The minimum absolute atomic E-state index is 0.185. The van der Waals surface area contributed by atoms with Gasteiger partial charge < -0.3 is 10.1 Å². The van der Waals surface area contributed by atoms with E-state index in [0.717, 1.165) is 16.4 Å². The van der Waals surface area contributed by atoms with E-state index in [9.17, 15) is 23.3 Å². The van der Waals surface area contributed by atoms with Crippen LogP contribution in [-0.4, -0.2) is 48.9 Å². The van der Waals surface area contributed by atoms with E-state index in [-0.39, 0.29) is 23.6 Å². The quantitative estimate of drug-likeness (QED) is 0.304. The highest BCUT2D eigenvalue weighted by Gasteiger charge is 2.31. The molecular weight excluding hydrogens is 484 g/mol. The monoisotopic (exact) mass is 508 g/mol. The van der Waals surface area contributed by atoms with Crippen molar-refractivity contribution in [2.24, 2.45) is 0 Å². The number of carbonyl (C=O) groups is 1. The van der Waals surface area contributed by atoms with E-state index < -0.39 is 43.1 Å². The molecule has 0 aromatic heterocycles. The van der Waals surface area contributed by atoms with Crippen LogP contribution in [0.25, 0.3) is 0 Å². The molecule has 2 aromatic rings. The van der Waals surface area contributed by atoms with E-state index >= 15 is 0 Å². The van der Waals surface area contributed by atoms with Crippen molar-refractivity contribution in [3.8, 4) is 6.07 Å². The number of ether oxygens (including phenoxy) is 1. The number of nitro groups is 1. The Labute approximate surface area is 203 Å². The molecule has 2 aromatic carbocycles. The number of rotatable bonds is 9. The van der Waals surface area contributed by atoms with Crippen LogP contribution in [0.2, 0.25) is 5.02 Å². The number of likely N-dealkylation sites (N-methyl/N-ethyl adjacent to an activating group) is 1. The van der Waals surface area contributed by atoms with Crippen LogP contribution in [-0.2, 0) is 19.6 Å². The van der Waals surface area contributed by atoms with Crippen LogP contribution in [0.15, 0.2) is 47.4 Å². The van der Waals surface area contributed by atoms with Crippen LogP contribution in [0.5, 0.6) is 0 Å². The van der Waals surface area contributed by atoms with Gasteiger partial charge in [-0.05, 0) is 45.0 Å². The van der Waals surface area contributed by atoms with Crippen LogP contribution in [0, 0.1) is 21.4 Å². The van der Waals surface area contributed by atoms with Gasteiger partial charge >= 0.3 is 5.97 Å². The molecule has 0 spiro atoms. The molecule has 0 aliphatic heterocycles. The number of anilines is 1. The number of nitriles is 1. The lowest BCUT2D eigenvalue weighted by Gasteiger charge is -2.27. The minimum Gasteiger partial charge on any atom is -0.460 e. The number of hydrogen-bond donors (Lipinski definition) is 1. The molecular formula is C22H25ClN4O6S. The second-order valence-electron chi connectivity index (χ2n) is 8.45. The molecule has 2 rings (SSSR count). The van der Waals surface area contributed by atoms with E-state index in [2.05, 4.69) is 5.32 Å². The molecule has 0 unspecified atom stereocenters. The number of benzene rings is 2. The molecule has 1 N–H and O–H groups in total. The van der Waals surface area contributed by atoms with Crippen molar-refractivity contribution >= 4 is 39.0 Å². The second kappa shape index (κ2) is 10.8. The summed E-state index contributed by atoms with van der Waals surface area (Å²) < 4.78 is 32.5. The van der Waals surface area contributed by atoms with Gasteiger partial charge in [-0.15, -0.1) is 0 Å². The van der Waals surface area contributed by atoms with E-state index in [1.54, 1.807) is 26.8 Å². The second-order valence-corrected chi connectivity index (χ2v) is 10.9. The van der Waals surface area contributed by atoms with Crippen LogP contribution in [0.3, 0.4) is 0 Å². The Balaban J connectivity index is 2.35. The van der Waals surface area contributed by atoms with Crippen molar-refractivity contribution in [1.29, 1.82) is 5.26 Å². The maximum Gasteiger partial charge on any atom is 0.308 e. The minimum atomic E-state index is -4.26. The fourth-order valence-corrected chi connectivity index (χ4v) is 4.67. The zero-order valence-corrected chi connectivity index (χ0v) is 20.7. The van der Waals surface area contributed by atoms with Gasteiger partial charge in [-0.3, -0.25) is 14.9 Å². The normalized spacial score (nSPS) is 12.6. The number of sulfonamides is 1. The third-order valence-corrected chi connectivity index (χ3v) is 6.70.